The summed E-state index contributed by atoms with van der Waals surface area (Å²) in [4.78, 5) is 16.6. The van der Waals surface area contributed by atoms with Gasteiger partial charge in [-0.2, -0.15) is 5.26 Å². The topological polar surface area (TPSA) is 76.1 Å². The van der Waals surface area contributed by atoms with Gasteiger partial charge in [-0.15, -0.1) is 11.3 Å². The first-order chi connectivity index (χ1) is 17.2. The van der Waals surface area contributed by atoms with Gasteiger partial charge in [-0.1, -0.05) is 54.6 Å². The number of aromatic nitrogens is 1. The highest BCUT2D eigenvalue weighted by molar-refractivity contribution is 7.11. The van der Waals surface area contributed by atoms with Crippen molar-refractivity contribution in [1.29, 1.82) is 5.26 Å². The van der Waals surface area contributed by atoms with Gasteiger partial charge in [0.05, 0.1) is 23.4 Å². The maximum atomic E-state index is 11.9. The molecule has 35 heavy (non-hydrogen) atoms. The summed E-state index contributed by atoms with van der Waals surface area (Å²) in [6.07, 6.45) is 1.70. The third-order valence-corrected chi connectivity index (χ3v) is 6.39. The number of esters is 1. The van der Waals surface area contributed by atoms with Gasteiger partial charge in [0, 0.05) is 22.6 Å². The van der Waals surface area contributed by atoms with E-state index in [9.17, 15) is 10.1 Å². The number of hydrogen-bond acceptors (Lipinski definition) is 6. The summed E-state index contributed by atoms with van der Waals surface area (Å²) in [5, 5.41) is 14.7. The van der Waals surface area contributed by atoms with Crippen molar-refractivity contribution in [3.8, 4) is 28.7 Å². The Morgan fingerprint density at radius 3 is 2.66 bits per heavy atom. The maximum absolute atomic E-state index is 11.9. The molecule has 0 saturated carbocycles. The number of benzene rings is 3. The van der Waals surface area contributed by atoms with Crippen molar-refractivity contribution < 1.29 is 13.9 Å². The Morgan fingerprint density at radius 2 is 1.86 bits per heavy atom. The number of rotatable bonds is 6. The smallest absolute Gasteiger partial charge is 0.338 e. The molecule has 0 saturated heterocycles. The molecular formula is C29H20N2O3S. The Hall–Kier alpha value is -4.47. The molecule has 3 aromatic carbocycles. The summed E-state index contributed by atoms with van der Waals surface area (Å²) in [6.45, 7) is 2.11. The summed E-state index contributed by atoms with van der Waals surface area (Å²) >= 11 is 1.43. The number of hydrogen-bond donors (Lipinski definition) is 0. The van der Waals surface area contributed by atoms with Crippen molar-refractivity contribution >= 4 is 39.7 Å². The van der Waals surface area contributed by atoms with E-state index in [1.807, 2.05) is 41.8 Å². The van der Waals surface area contributed by atoms with Crippen LogP contribution in [0.25, 0.3) is 45.0 Å². The molecule has 0 atom stereocenters. The molecule has 5 nitrogen and oxygen atoms in total. The average Bonchev–Trinajstić information content (AvgIpc) is 3.57. The van der Waals surface area contributed by atoms with Gasteiger partial charge in [0.1, 0.15) is 22.6 Å². The second kappa shape index (κ2) is 9.80. The largest absolute Gasteiger partial charge is 0.462 e. The number of nitrogens with zero attached hydrogens (tertiary/aromatic N) is 2. The Kier molecular flexibility index (Phi) is 6.25. The number of allylic oxidation sites excluding steroid dienone is 1. The van der Waals surface area contributed by atoms with Crippen molar-refractivity contribution in [2.75, 3.05) is 6.61 Å². The van der Waals surface area contributed by atoms with E-state index in [4.69, 9.17) is 14.1 Å². The van der Waals surface area contributed by atoms with Crippen molar-refractivity contribution in [1.82, 2.24) is 4.98 Å². The van der Waals surface area contributed by atoms with Crippen LogP contribution >= 0.6 is 11.3 Å². The molecular weight excluding hydrogens is 456 g/mol. The molecule has 0 unspecified atom stereocenters. The predicted octanol–water partition coefficient (Wildman–Crippen LogP) is 7.46. The molecule has 0 aliphatic carbocycles. The van der Waals surface area contributed by atoms with Crippen LogP contribution in [-0.2, 0) is 4.74 Å². The Morgan fingerprint density at radius 1 is 1.06 bits per heavy atom. The quantitative estimate of drug-likeness (QED) is 0.188. The number of fused-ring (bicyclic) bond motifs is 1. The molecule has 2 aromatic heterocycles. The molecule has 0 amide bonds. The first-order valence-electron chi connectivity index (χ1n) is 11.1. The van der Waals surface area contributed by atoms with Gasteiger partial charge in [0.2, 0.25) is 0 Å². The zero-order chi connectivity index (χ0) is 24.2. The highest BCUT2D eigenvalue weighted by Crippen LogP contribution is 2.32. The van der Waals surface area contributed by atoms with Crippen LogP contribution in [0.2, 0.25) is 0 Å². The van der Waals surface area contributed by atoms with Crippen LogP contribution in [0, 0.1) is 11.3 Å². The van der Waals surface area contributed by atoms with Gasteiger partial charge in [-0.05, 0) is 42.0 Å². The molecule has 0 fully saturated rings. The minimum absolute atomic E-state index is 0.332. The molecule has 0 spiro atoms. The SMILES string of the molecule is CCOC(=O)c1ccc(-c2ccc(/C=C(\C#N)c3nc(-c4cccc5ccccc45)cs3)o2)cc1. The molecule has 0 aliphatic rings. The number of carbonyl (C=O) groups excluding carboxylic acids is 1. The van der Waals surface area contributed by atoms with Gasteiger partial charge in [0.15, 0.2) is 0 Å². The summed E-state index contributed by atoms with van der Waals surface area (Å²) in [7, 11) is 0. The van der Waals surface area contributed by atoms with Gasteiger partial charge in [0.25, 0.3) is 0 Å². The molecule has 0 bridgehead atoms. The lowest BCUT2D eigenvalue weighted by atomic mass is 10.0. The zero-order valence-electron chi connectivity index (χ0n) is 18.9. The summed E-state index contributed by atoms with van der Waals surface area (Å²) in [5.74, 6) is 0.833. The van der Waals surface area contributed by atoms with Gasteiger partial charge < -0.3 is 9.15 Å². The van der Waals surface area contributed by atoms with Crippen LogP contribution in [-0.4, -0.2) is 17.6 Å². The number of carbonyl (C=O) groups is 1. The Bertz CT molecular complexity index is 1580. The molecule has 0 radical (unpaired) electrons. The van der Waals surface area contributed by atoms with E-state index in [1.165, 1.54) is 11.3 Å². The van der Waals surface area contributed by atoms with Crippen molar-refractivity contribution in [3.05, 3.63) is 101 Å². The van der Waals surface area contributed by atoms with E-state index in [0.717, 1.165) is 27.6 Å². The molecule has 170 valence electrons. The Balaban J connectivity index is 1.40. The zero-order valence-corrected chi connectivity index (χ0v) is 19.7. The maximum Gasteiger partial charge on any atom is 0.338 e. The number of thiazole rings is 1. The van der Waals surface area contributed by atoms with E-state index < -0.39 is 0 Å². The highest BCUT2D eigenvalue weighted by Gasteiger charge is 2.13. The molecule has 2 heterocycles. The van der Waals surface area contributed by atoms with Crippen LogP contribution < -0.4 is 0 Å². The normalized spacial score (nSPS) is 11.4. The lowest BCUT2D eigenvalue weighted by Gasteiger charge is -2.03. The van der Waals surface area contributed by atoms with E-state index in [0.29, 0.717) is 34.3 Å². The summed E-state index contributed by atoms with van der Waals surface area (Å²) in [5.41, 5.74) is 3.61. The van der Waals surface area contributed by atoms with Gasteiger partial charge >= 0.3 is 5.97 Å². The summed E-state index contributed by atoms with van der Waals surface area (Å²) < 4.78 is 11.0. The second-order valence-corrected chi connectivity index (χ2v) is 8.59. The average molecular weight is 477 g/mol. The highest BCUT2D eigenvalue weighted by atomic mass is 32.1. The van der Waals surface area contributed by atoms with Crippen LogP contribution in [0.1, 0.15) is 28.0 Å². The third kappa shape index (κ3) is 4.63. The van der Waals surface area contributed by atoms with Crippen LogP contribution in [0.3, 0.4) is 0 Å². The number of ether oxygens (including phenoxy) is 1. The molecule has 0 aliphatic heterocycles. The number of furan rings is 1. The van der Waals surface area contributed by atoms with Crippen molar-refractivity contribution in [3.63, 3.8) is 0 Å². The van der Waals surface area contributed by atoms with Crippen LogP contribution in [0.5, 0.6) is 0 Å². The molecule has 0 N–H and O–H groups in total. The van der Waals surface area contributed by atoms with E-state index in [-0.39, 0.29) is 5.97 Å². The van der Waals surface area contributed by atoms with Gasteiger partial charge in [-0.3, -0.25) is 0 Å². The lowest BCUT2D eigenvalue weighted by molar-refractivity contribution is 0.0526. The van der Waals surface area contributed by atoms with E-state index >= 15 is 0 Å². The predicted molar refractivity (Wildman–Crippen MR) is 139 cm³/mol. The van der Waals surface area contributed by atoms with Crippen molar-refractivity contribution in [2.24, 2.45) is 0 Å². The summed E-state index contributed by atoms with van der Waals surface area (Å²) in [6, 6.07) is 27.2. The monoisotopic (exact) mass is 476 g/mol. The van der Waals surface area contributed by atoms with Crippen LogP contribution in [0.15, 0.2) is 88.7 Å². The lowest BCUT2D eigenvalue weighted by Crippen LogP contribution is -2.03. The fourth-order valence-corrected chi connectivity index (χ4v) is 4.61. The number of nitriles is 1. The molecule has 6 heteroatoms. The van der Waals surface area contributed by atoms with Crippen LogP contribution in [0.4, 0.5) is 0 Å². The Labute approximate surface area is 206 Å². The van der Waals surface area contributed by atoms with E-state index in [2.05, 4.69) is 24.3 Å². The standard InChI is InChI=1S/C29H20N2O3S/c1-2-33-29(32)21-12-10-20(11-13-21)27-15-14-23(34-27)16-22(17-30)28-31-26(18-35-28)25-9-5-7-19-6-3-4-8-24(19)25/h3-16,18H,2H2,1H3/b22-16+. The first-order valence-corrected chi connectivity index (χ1v) is 12.0. The van der Waals surface area contributed by atoms with E-state index in [1.54, 1.807) is 37.3 Å². The van der Waals surface area contributed by atoms with Crippen molar-refractivity contribution in [2.45, 2.75) is 6.92 Å². The molecule has 5 rings (SSSR count). The minimum Gasteiger partial charge on any atom is -0.462 e. The fraction of sp³-hybridized carbons (Fsp3) is 0.0690. The van der Waals surface area contributed by atoms with Gasteiger partial charge in [-0.25, -0.2) is 9.78 Å². The second-order valence-electron chi connectivity index (χ2n) is 7.73. The molecule has 5 aromatic rings. The minimum atomic E-state index is -0.355. The fourth-order valence-electron chi connectivity index (χ4n) is 3.82. The first kappa shape index (κ1) is 22.3. The third-order valence-electron chi connectivity index (χ3n) is 5.51.